The van der Waals surface area contributed by atoms with Crippen LogP contribution < -0.4 is 9.47 Å². The van der Waals surface area contributed by atoms with Gasteiger partial charge in [-0.3, -0.25) is 0 Å². The number of benzene rings is 3. The summed E-state index contributed by atoms with van der Waals surface area (Å²) in [7, 11) is 0. The highest BCUT2D eigenvalue weighted by atomic mass is 19.2. The molecule has 0 aromatic heterocycles. The van der Waals surface area contributed by atoms with Gasteiger partial charge in [0.2, 0.25) is 5.82 Å². The van der Waals surface area contributed by atoms with Gasteiger partial charge in [0.05, 0.1) is 12.7 Å². The second kappa shape index (κ2) is 12.5. The Hall–Kier alpha value is -2.99. The van der Waals surface area contributed by atoms with Crippen molar-refractivity contribution in [2.24, 2.45) is 5.92 Å². The maximum atomic E-state index is 15.0. The Kier molecular flexibility index (Phi) is 9.14. The van der Waals surface area contributed by atoms with Gasteiger partial charge in [-0.2, -0.15) is 4.39 Å². The first-order valence-electron chi connectivity index (χ1n) is 13.2. The summed E-state index contributed by atoms with van der Waals surface area (Å²) in [4.78, 5) is 0. The lowest BCUT2D eigenvalue weighted by molar-refractivity contribution is 0.0727. The minimum atomic E-state index is -0.973. The molecule has 3 aromatic rings. The standard InChI is InChI=1S/C31H35F3O3/c1-3-5-28(35)23-12-10-22(11-13-23)26-16-17-29(31(34)30(26)33)37-19-20-6-8-21(9-7-20)25-15-14-24(36-4-2)18-27(25)32/h6-9,14-18,22-23,28,35H,3-5,10-13,19H2,1-2H3. The van der Waals surface area contributed by atoms with Crippen LogP contribution >= 0.6 is 0 Å². The Morgan fingerprint density at radius 1 is 0.865 bits per heavy atom. The van der Waals surface area contributed by atoms with Crippen LogP contribution in [0.5, 0.6) is 11.5 Å². The largest absolute Gasteiger partial charge is 0.494 e. The minimum Gasteiger partial charge on any atom is -0.494 e. The fourth-order valence-electron chi connectivity index (χ4n) is 5.25. The summed E-state index contributed by atoms with van der Waals surface area (Å²) in [5.74, 6) is -1.66. The molecule has 0 radical (unpaired) electrons. The average molecular weight is 513 g/mol. The lowest BCUT2D eigenvalue weighted by atomic mass is 9.76. The predicted molar refractivity (Wildman–Crippen MR) is 139 cm³/mol. The zero-order chi connectivity index (χ0) is 26.4. The number of aliphatic hydroxyl groups excluding tert-OH is 1. The Balaban J connectivity index is 1.37. The summed E-state index contributed by atoms with van der Waals surface area (Å²) in [6.45, 7) is 4.41. The lowest BCUT2D eigenvalue weighted by Crippen LogP contribution is -2.25. The molecule has 1 unspecified atom stereocenters. The van der Waals surface area contributed by atoms with E-state index < -0.39 is 11.6 Å². The molecule has 1 atom stereocenters. The molecule has 1 aliphatic carbocycles. The van der Waals surface area contributed by atoms with Crippen LogP contribution in [-0.2, 0) is 6.61 Å². The number of hydrogen-bond acceptors (Lipinski definition) is 3. The van der Waals surface area contributed by atoms with Gasteiger partial charge in [0.25, 0.3) is 0 Å². The molecule has 0 bridgehead atoms. The summed E-state index contributed by atoms with van der Waals surface area (Å²) >= 11 is 0. The molecule has 0 spiro atoms. The molecule has 0 saturated heterocycles. The van der Waals surface area contributed by atoms with Crippen LogP contribution in [-0.4, -0.2) is 17.8 Å². The Bertz CT molecular complexity index is 1170. The number of hydrogen-bond donors (Lipinski definition) is 1. The third kappa shape index (κ3) is 6.48. The minimum absolute atomic E-state index is 0.0517. The van der Waals surface area contributed by atoms with Crippen LogP contribution in [0.25, 0.3) is 11.1 Å². The molecule has 0 heterocycles. The Morgan fingerprint density at radius 2 is 1.59 bits per heavy atom. The zero-order valence-corrected chi connectivity index (χ0v) is 21.5. The molecule has 1 saturated carbocycles. The van der Waals surface area contributed by atoms with Gasteiger partial charge >= 0.3 is 0 Å². The Labute approximate surface area is 217 Å². The maximum absolute atomic E-state index is 15.0. The van der Waals surface area contributed by atoms with Crippen LogP contribution in [0.4, 0.5) is 13.2 Å². The predicted octanol–water partition coefficient (Wildman–Crippen LogP) is 8.18. The summed E-state index contributed by atoms with van der Waals surface area (Å²) in [6, 6.07) is 15.0. The van der Waals surface area contributed by atoms with Crippen molar-refractivity contribution in [1.29, 1.82) is 0 Å². The smallest absolute Gasteiger partial charge is 0.200 e. The monoisotopic (exact) mass is 512 g/mol. The van der Waals surface area contributed by atoms with Crippen molar-refractivity contribution >= 4 is 0 Å². The summed E-state index contributed by atoms with van der Waals surface area (Å²) < 4.78 is 55.2. The van der Waals surface area contributed by atoms with E-state index in [0.29, 0.717) is 29.0 Å². The first-order chi connectivity index (χ1) is 17.9. The van der Waals surface area contributed by atoms with Gasteiger partial charge < -0.3 is 14.6 Å². The van der Waals surface area contributed by atoms with E-state index in [-0.39, 0.29) is 36.1 Å². The Morgan fingerprint density at radius 3 is 2.24 bits per heavy atom. The second-order valence-corrected chi connectivity index (χ2v) is 9.81. The highest BCUT2D eigenvalue weighted by Crippen LogP contribution is 2.40. The van der Waals surface area contributed by atoms with E-state index in [9.17, 15) is 18.3 Å². The molecule has 198 valence electrons. The number of rotatable bonds is 10. The van der Waals surface area contributed by atoms with E-state index in [4.69, 9.17) is 9.47 Å². The van der Waals surface area contributed by atoms with Gasteiger partial charge in [-0.1, -0.05) is 43.7 Å². The molecule has 3 aromatic carbocycles. The number of aliphatic hydroxyl groups is 1. The molecule has 4 rings (SSSR count). The van der Waals surface area contributed by atoms with Gasteiger partial charge in [0, 0.05) is 11.6 Å². The van der Waals surface area contributed by atoms with Gasteiger partial charge in [-0.15, -0.1) is 0 Å². The zero-order valence-electron chi connectivity index (χ0n) is 21.5. The third-order valence-electron chi connectivity index (χ3n) is 7.33. The fourth-order valence-corrected chi connectivity index (χ4v) is 5.25. The molecular formula is C31H35F3O3. The summed E-state index contributed by atoms with van der Waals surface area (Å²) in [5.41, 5.74) is 2.29. The van der Waals surface area contributed by atoms with Gasteiger partial charge in [-0.05, 0) is 85.8 Å². The number of halogens is 3. The summed E-state index contributed by atoms with van der Waals surface area (Å²) in [5, 5.41) is 10.3. The van der Waals surface area contributed by atoms with E-state index in [1.807, 2.05) is 6.92 Å². The van der Waals surface area contributed by atoms with E-state index in [1.54, 1.807) is 42.5 Å². The van der Waals surface area contributed by atoms with Crippen molar-refractivity contribution < 1.29 is 27.8 Å². The van der Waals surface area contributed by atoms with Crippen molar-refractivity contribution in [3.8, 4) is 22.6 Å². The van der Waals surface area contributed by atoms with Crippen LogP contribution in [0.15, 0.2) is 54.6 Å². The van der Waals surface area contributed by atoms with E-state index in [1.165, 1.54) is 12.1 Å². The molecule has 0 aliphatic heterocycles. The van der Waals surface area contributed by atoms with Gasteiger partial charge in [-0.25, -0.2) is 8.78 Å². The molecule has 1 aliphatic rings. The van der Waals surface area contributed by atoms with Crippen molar-refractivity contribution in [1.82, 2.24) is 0 Å². The summed E-state index contributed by atoms with van der Waals surface area (Å²) in [6.07, 6.45) is 4.53. The van der Waals surface area contributed by atoms with Crippen LogP contribution in [0.1, 0.15) is 69.4 Å². The molecule has 1 N–H and O–H groups in total. The maximum Gasteiger partial charge on any atom is 0.200 e. The molecule has 37 heavy (non-hydrogen) atoms. The van der Waals surface area contributed by atoms with Crippen molar-refractivity contribution in [3.63, 3.8) is 0 Å². The van der Waals surface area contributed by atoms with Gasteiger partial charge in [0.15, 0.2) is 11.6 Å². The highest BCUT2D eigenvalue weighted by molar-refractivity contribution is 5.65. The molecule has 1 fully saturated rings. The van der Waals surface area contributed by atoms with Crippen molar-refractivity contribution in [2.75, 3.05) is 6.61 Å². The van der Waals surface area contributed by atoms with Gasteiger partial charge in [0.1, 0.15) is 18.2 Å². The fraction of sp³-hybridized carbons (Fsp3) is 0.419. The first kappa shape index (κ1) is 27.1. The normalized spacial score (nSPS) is 18.4. The lowest BCUT2D eigenvalue weighted by Gasteiger charge is -2.32. The molecule has 0 amide bonds. The molecule has 6 heteroatoms. The topological polar surface area (TPSA) is 38.7 Å². The average Bonchev–Trinajstić information content (AvgIpc) is 2.90. The van der Waals surface area contributed by atoms with Crippen molar-refractivity contribution in [2.45, 2.75) is 71.0 Å². The van der Waals surface area contributed by atoms with E-state index in [2.05, 4.69) is 6.92 Å². The highest BCUT2D eigenvalue weighted by Gasteiger charge is 2.29. The first-order valence-corrected chi connectivity index (χ1v) is 13.2. The third-order valence-corrected chi connectivity index (χ3v) is 7.33. The van der Waals surface area contributed by atoms with Crippen LogP contribution in [0.3, 0.4) is 0 Å². The van der Waals surface area contributed by atoms with Crippen molar-refractivity contribution in [3.05, 3.63) is 83.2 Å². The molecular weight excluding hydrogens is 477 g/mol. The second-order valence-electron chi connectivity index (χ2n) is 9.81. The SMILES string of the molecule is CCCC(O)C1CCC(c2ccc(OCc3ccc(-c4ccc(OCC)cc4F)cc3)c(F)c2F)CC1. The van der Waals surface area contributed by atoms with Crippen LogP contribution in [0.2, 0.25) is 0 Å². The van der Waals surface area contributed by atoms with E-state index in [0.717, 1.165) is 44.1 Å². The van der Waals surface area contributed by atoms with Crippen LogP contribution in [0, 0.1) is 23.4 Å². The molecule has 3 nitrogen and oxygen atoms in total. The quantitative estimate of drug-likeness (QED) is 0.298. The van der Waals surface area contributed by atoms with E-state index >= 15 is 0 Å². The number of ether oxygens (including phenoxy) is 2.